The second-order valence-electron chi connectivity index (χ2n) is 4.40. The molecule has 1 unspecified atom stereocenters. The number of aliphatic carboxylic acids is 1. The van der Waals surface area contributed by atoms with Crippen LogP contribution in [0.4, 0.5) is 0 Å². The Morgan fingerprint density at radius 2 is 2.19 bits per heavy atom. The second-order valence-corrected chi connectivity index (χ2v) is 6.16. The van der Waals surface area contributed by atoms with Crippen molar-refractivity contribution in [2.45, 2.75) is 24.3 Å². The number of carbonyl (C=O) groups is 1. The maximum atomic E-state index is 12.1. The minimum Gasteiger partial charge on any atom is -0.481 e. The van der Waals surface area contributed by atoms with E-state index in [0.717, 1.165) is 0 Å². The fourth-order valence-electron chi connectivity index (χ4n) is 1.65. The van der Waals surface area contributed by atoms with E-state index < -0.39 is 22.1 Å². The summed E-state index contributed by atoms with van der Waals surface area (Å²) in [5.41, 5.74) is 0.948. The van der Waals surface area contributed by atoms with Crippen LogP contribution in [0, 0.1) is 18.3 Å². The Morgan fingerprint density at radius 1 is 1.52 bits per heavy atom. The van der Waals surface area contributed by atoms with Crippen molar-refractivity contribution in [2.24, 2.45) is 0 Å². The van der Waals surface area contributed by atoms with Gasteiger partial charge in [-0.3, -0.25) is 4.79 Å². The van der Waals surface area contributed by atoms with Gasteiger partial charge in [-0.1, -0.05) is 0 Å². The number of benzene rings is 1. The molecule has 0 saturated carbocycles. The Hall–Kier alpha value is -1.95. The molecule has 21 heavy (non-hydrogen) atoms. The number of rotatable bonds is 7. The molecule has 0 spiro atoms. The number of carboxylic acids is 1. The van der Waals surface area contributed by atoms with Crippen molar-refractivity contribution in [2.75, 3.05) is 13.7 Å². The predicted molar refractivity (Wildman–Crippen MR) is 74.1 cm³/mol. The first kappa shape index (κ1) is 17.1. The highest BCUT2D eigenvalue weighted by atomic mass is 32.2. The van der Waals surface area contributed by atoms with Crippen molar-refractivity contribution in [1.29, 1.82) is 5.26 Å². The van der Waals surface area contributed by atoms with Crippen molar-refractivity contribution < 1.29 is 23.1 Å². The van der Waals surface area contributed by atoms with Crippen LogP contribution in [0.15, 0.2) is 23.1 Å². The van der Waals surface area contributed by atoms with E-state index in [-0.39, 0.29) is 17.9 Å². The van der Waals surface area contributed by atoms with Crippen LogP contribution < -0.4 is 4.72 Å². The largest absolute Gasteiger partial charge is 0.481 e. The number of aryl methyl sites for hydroxylation is 1. The molecule has 0 amide bonds. The van der Waals surface area contributed by atoms with Crippen molar-refractivity contribution in [3.63, 3.8) is 0 Å². The maximum Gasteiger partial charge on any atom is 0.306 e. The number of nitrogens with one attached hydrogen (secondary N) is 1. The van der Waals surface area contributed by atoms with Gasteiger partial charge in [0.15, 0.2) is 0 Å². The molecule has 0 aliphatic heterocycles. The first-order chi connectivity index (χ1) is 9.80. The number of nitrogens with zero attached hydrogens (tertiary/aromatic N) is 1. The van der Waals surface area contributed by atoms with Gasteiger partial charge in [-0.25, -0.2) is 13.1 Å². The third-order valence-corrected chi connectivity index (χ3v) is 4.29. The molecule has 114 valence electrons. The molecule has 0 aromatic heterocycles. The molecular formula is C13H16N2O5S. The molecule has 2 N–H and O–H groups in total. The van der Waals surface area contributed by atoms with Gasteiger partial charge in [0.1, 0.15) is 0 Å². The molecule has 1 aromatic carbocycles. The lowest BCUT2D eigenvalue weighted by Crippen LogP contribution is -2.34. The number of hydrogen-bond donors (Lipinski definition) is 2. The molecular weight excluding hydrogens is 296 g/mol. The smallest absolute Gasteiger partial charge is 0.306 e. The first-order valence-corrected chi connectivity index (χ1v) is 7.53. The first-order valence-electron chi connectivity index (χ1n) is 6.05. The van der Waals surface area contributed by atoms with Gasteiger partial charge in [-0.2, -0.15) is 5.26 Å². The Morgan fingerprint density at radius 3 is 2.67 bits per heavy atom. The fraction of sp³-hybridized carbons (Fsp3) is 0.385. The highest BCUT2D eigenvalue weighted by molar-refractivity contribution is 7.89. The van der Waals surface area contributed by atoms with E-state index in [9.17, 15) is 13.2 Å². The second kappa shape index (κ2) is 7.17. The predicted octanol–water partition coefficient (Wildman–Crippen LogP) is 0.635. The third-order valence-electron chi connectivity index (χ3n) is 2.87. The highest BCUT2D eigenvalue weighted by Crippen LogP contribution is 2.14. The lowest BCUT2D eigenvalue weighted by Gasteiger charge is -2.14. The van der Waals surface area contributed by atoms with Crippen molar-refractivity contribution >= 4 is 16.0 Å². The van der Waals surface area contributed by atoms with Gasteiger partial charge >= 0.3 is 5.97 Å². The molecule has 0 aliphatic rings. The average Bonchev–Trinajstić information content (AvgIpc) is 2.43. The van der Waals surface area contributed by atoms with Gasteiger partial charge in [-0.05, 0) is 30.7 Å². The van der Waals surface area contributed by atoms with Gasteiger partial charge in [0.05, 0.1) is 29.1 Å². The lowest BCUT2D eigenvalue weighted by atomic mass is 10.1. The van der Waals surface area contributed by atoms with Crippen LogP contribution in [-0.2, 0) is 19.6 Å². The molecule has 0 aliphatic carbocycles. The van der Waals surface area contributed by atoms with E-state index in [2.05, 4.69) is 4.72 Å². The van der Waals surface area contributed by atoms with Gasteiger partial charge in [-0.15, -0.1) is 0 Å². The number of ether oxygens (including phenoxy) is 1. The third kappa shape index (κ3) is 4.82. The van der Waals surface area contributed by atoms with Crippen LogP contribution in [0.1, 0.15) is 17.5 Å². The van der Waals surface area contributed by atoms with Gasteiger partial charge in [0.2, 0.25) is 10.0 Å². The zero-order valence-electron chi connectivity index (χ0n) is 11.7. The van der Waals surface area contributed by atoms with Gasteiger partial charge < -0.3 is 9.84 Å². The van der Waals surface area contributed by atoms with E-state index in [4.69, 9.17) is 15.1 Å². The summed E-state index contributed by atoms with van der Waals surface area (Å²) in [6.07, 6.45) is -1.05. The Labute approximate surface area is 123 Å². The zero-order chi connectivity index (χ0) is 16.0. The number of nitriles is 1. The molecule has 0 bridgehead atoms. The topological polar surface area (TPSA) is 116 Å². The van der Waals surface area contributed by atoms with E-state index >= 15 is 0 Å². The summed E-state index contributed by atoms with van der Waals surface area (Å²) in [6.45, 7) is 1.49. The number of sulfonamides is 1. The van der Waals surface area contributed by atoms with Crippen LogP contribution in [0.25, 0.3) is 0 Å². The van der Waals surface area contributed by atoms with Crippen LogP contribution in [0.5, 0.6) is 0 Å². The van der Waals surface area contributed by atoms with Crippen LogP contribution in [0.2, 0.25) is 0 Å². The summed E-state index contributed by atoms with van der Waals surface area (Å²) in [5.74, 6) is -1.07. The van der Waals surface area contributed by atoms with Gasteiger partial charge in [0, 0.05) is 13.7 Å². The van der Waals surface area contributed by atoms with E-state index in [1.54, 1.807) is 6.92 Å². The van der Waals surface area contributed by atoms with Gasteiger partial charge in [0.25, 0.3) is 0 Å². The summed E-state index contributed by atoms with van der Waals surface area (Å²) in [7, 11) is -2.47. The molecule has 7 nitrogen and oxygen atoms in total. The SMILES string of the molecule is COC(CNS(=O)(=O)c1ccc(C#N)c(C)c1)CC(=O)O. The molecule has 8 heteroatoms. The van der Waals surface area contributed by atoms with Crippen LogP contribution in [0.3, 0.4) is 0 Å². The monoisotopic (exact) mass is 312 g/mol. The zero-order valence-corrected chi connectivity index (χ0v) is 12.5. The number of methoxy groups -OCH3 is 1. The van der Waals surface area contributed by atoms with E-state index in [1.807, 2.05) is 6.07 Å². The van der Waals surface area contributed by atoms with E-state index in [0.29, 0.717) is 11.1 Å². The Bertz CT molecular complexity index is 664. The Kier molecular flexibility index (Phi) is 5.84. The normalized spacial score (nSPS) is 12.6. The summed E-state index contributed by atoms with van der Waals surface area (Å²) in [5, 5.41) is 17.5. The Balaban J connectivity index is 2.84. The maximum absolute atomic E-state index is 12.1. The summed E-state index contributed by atoms with van der Waals surface area (Å²) >= 11 is 0. The highest BCUT2D eigenvalue weighted by Gasteiger charge is 2.19. The lowest BCUT2D eigenvalue weighted by molar-refractivity contribution is -0.139. The molecule has 1 aromatic rings. The van der Waals surface area contributed by atoms with Crippen molar-refractivity contribution in [3.8, 4) is 6.07 Å². The minimum absolute atomic E-state index is 0.0178. The minimum atomic E-state index is -3.78. The number of hydrogen-bond acceptors (Lipinski definition) is 5. The summed E-state index contributed by atoms with van der Waals surface area (Å²) in [6, 6.07) is 6.09. The summed E-state index contributed by atoms with van der Waals surface area (Å²) < 4.78 is 31.4. The van der Waals surface area contributed by atoms with E-state index in [1.165, 1.54) is 25.3 Å². The molecule has 1 rings (SSSR count). The van der Waals surface area contributed by atoms with Crippen molar-refractivity contribution in [1.82, 2.24) is 4.72 Å². The average molecular weight is 312 g/mol. The summed E-state index contributed by atoms with van der Waals surface area (Å²) in [4.78, 5) is 10.6. The molecule has 1 atom stereocenters. The molecule has 0 saturated heterocycles. The molecule has 0 heterocycles. The molecule has 0 fully saturated rings. The fourth-order valence-corrected chi connectivity index (χ4v) is 2.80. The molecule has 0 radical (unpaired) electrons. The standard InChI is InChI=1S/C13H16N2O5S/c1-9-5-12(4-3-10(9)7-14)21(18,19)15-8-11(20-2)6-13(16)17/h3-5,11,15H,6,8H2,1-2H3,(H,16,17). The van der Waals surface area contributed by atoms with Crippen LogP contribution in [-0.4, -0.2) is 39.3 Å². The number of carboxylic acid groups (broad SMARTS) is 1. The quantitative estimate of drug-likeness (QED) is 0.763. The van der Waals surface area contributed by atoms with Crippen molar-refractivity contribution in [3.05, 3.63) is 29.3 Å². The van der Waals surface area contributed by atoms with Crippen LogP contribution >= 0.6 is 0 Å².